The minimum absolute atomic E-state index is 0.186. The van der Waals surface area contributed by atoms with Gasteiger partial charge in [-0.1, -0.05) is 39.8 Å². The predicted molar refractivity (Wildman–Crippen MR) is 99.7 cm³/mol. The fourth-order valence-electron chi connectivity index (χ4n) is 3.24. The van der Waals surface area contributed by atoms with Gasteiger partial charge in [0.25, 0.3) is 0 Å². The van der Waals surface area contributed by atoms with E-state index in [2.05, 4.69) is 54.8 Å². The third kappa shape index (κ3) is 3.09. The first-order valence-corrected chi connectivity index (χ1v) is 8.37. The van der Waals surface area contributed by atoms with Gasteiger partial charge in [0.15, 0.2) is 0 Å². The normalized spacial score (nSPS) is 11.8. The summed E-state index contributed by atoms with van der Waals surface area (Å²) in [4.78, 5) is 13.2. The Morgan fingerprint density at radius 3 is 2.54 bits per heavy atom. The van der Waals surface area contributed by atoms with Crippen LogP contribution in [0.3, 0.4) is 0 Å². The van der Waals surface area contributed by atoms with E-state index in [-0.39, 0.29) is 5.41 Å². The summed E-state index contributed by atoms with van der Waals surface area (Å²) in [5.74, 6) is 0.589. The zero-order chi connectivity index (χ0) is 17.3. The molecule has 4 nitrogen and oxygen atoms in total. The van der Waals surface area contributed by atoms with Crippen molar-refractivity contribution in [3.63, 3.8) is 0 Å². The predicted octanol–water partition coefficient (Wildman–Crippen LogP) is 4.43. The Bertz CT molecular complexity index is 864. The summed E-state index contributed by atoms with van der Waals surface area (Å²) in [6.45, 7) is 8.86. The number of fused-ring (bicyclic) bond motifs is 1. The highest BCUT2D eigenvalue weighted by atomic mass is 14.9. The Morgan fingerprint density at radius 2 is 1.92 bits per heavy atom. The zero-order valence-corrected chi connectivity index (χ0v) is 14.8. The number of nitrogen functional groups attached to an aromatic ring is 1. The van der Waals surface area contributed by atoms with Crippen molar-refractivity contribution in [2.45, 2.75) is 40.5 Å². The average molecular weight is 320 g/mol. The van der Waals surface area contributed by atoms with Crippen LogP contribution >= 0.6 is 0 Å². The maximum Gasteiger partial charge on any atom is 0.127 e. The van der Waals surface area contributed by atoms with Crippen LogP contribution in [0.2, 0.25) is 0 Å². The molecule has 0 aliphatic heterocycles. The van der Waals surface area contributed by atoms with Gasteiger partial charge in [-0.05, 0) is 36.0 Å². The number of anilines is 1. The number of nitrogens with zero attached hydrogens (tertiary/aromatic N) is 3. The van der Waals surface area contributed by atoms with E-state index in [0.717, 1.165) is 40.6 Å². The topological polar surface area (TPSA) is 64.7 Å². The minimum Gasteiger partial charge on any atom is -0.383 e. The summed E-state index contributed by atoms with van der Waals surface area (Å²) < 4.78 is 0. The minimum atomic E-state index is 0.186. The smallest absolute Gasteiger partial charge is 0.127 e. The molecule has 2 aromatic heterocycles. The highest BCUT2D eigenvalue weighted by molar-refractivity contribution is 5.99. The second-order valence-electron chi connectivity index (χ2n) is 7.35. The van der Waals surface area contributed by atoms with Crippen molar-refractivity contribution in [2.24, 2.45) is 5.41 Å². The fraction of sp³-hybridized carbons (Fsp3) is 0.350. The van der Waals surface area contributed by atoms with Gasteiger partial charge >= 0.3 is 0 Å². The molecule has 0 bridgehead atoms. The third-order valence-electron chi connectivity index (χ3n) is 4.14. The maximum absolute atomic E-state index is 6.26. The molecule has 0 saturated carbocycles. The largest absolute Gasteiger partial charge is 0.383 e. The molecule has 0 atom stereocenters. The van der Waals surface area contributed by atoms with Gasteiger partial charge in [-0.25, -0.2) is 15.0 Å². The van der Waals surface area contributed by atoms with E-state index in [1.54, 1.807) is 12.5 Å². The number of rotatable bonds is 3. The molecule has 4 heteroatoms. The average Bonchev–Trinajstić information content (AvgIpc) is 2.53. The Labute approximate surface area is 143 Å². The van der Waals surface area contributed by atoms with Crippen molar-refractivity contribution in [3.8, 4) is 11.3 Å². The van der Waals surface area contributed by atoms with Crippen molar-refractivity contribution in [1.29, 1.82) is 0 Å². The second-order valence-corrected chi connectivity index (χ2v) is 7.35. The molecule has 3 aromatic rings. The molecule has 0 aliphatic rings. The van der Waals surface area contributed by atoms with Gasteiger partial charge in [0.2, 0.25) is 0 Å². The molecule has 24 heavy (non-hydrogen) atoms. The lowest BCUT2D eigenvalue weighted by atomic mass is 9.84. The van der Waals surface area contributed by atoms with Crippen LogP contribution in [-0.4, -0.2) is 15.0 Å². The summed E-state index contributed by atoms with van der Waals surface area (Å²) in [7, 11) is 0. The van der Waals surface area contributed by atoms with E-state index < -0.39 is 0 Å². The van der Waals surface area contributed by atoms with Crippen molar-refractivity contribution in [1.82, 2.24) is 15.0 Å². The molecule has 0 unspecified atom stereocenters. The molecule has 2 heterocycles. The van der Waals surface area contributed by atoms with E-state index in [1.165, 1.54) is 5.56 Å². The SMILES string of the molecule is CCc1c(N)nc2cccc(CC(C)(C)C)c2c1-c1ccncn1. The van der Waals surface area contributed by atoms with Crippen LogP contribution < -0.4 is 5.73 Å². The molecule has 3 rings (SSSR count). The molecule has 0 aliphatic carbocycles. The van der Waals surface area contributed by atoms with Crippen LogP contribution in [-0.2, 0) is 12.8 Å². The van der Waals surface area contributed by atoms with Gasteiger partial charge in [-0.3, -0.25) is 0 Å². The highest BCUT2D eigenvalue weighted by Crippen LogP contribution is 2.37. The van der Waals surface area contributed by atoms with Crippen molar-refractivity contribution >= 4 is 16.7 Å². The van der Waals surface area contributed by atoms with Gasteiger partial charge in [0, 0.05) is 22.7 Å². The first kappa shape index (κ1) is 16.4. The zero-order valence-electron chi connectivity index (χ0n) is 14.8. The molecular weight excluding hydrogens is 296 g/mol. The molecule has 124 valence electrons. The first-order chi connectivity index (χ1) is 11.4. The van der Waals surface area contributed by atoms with E-state index >= 15 is 0 Å². The van der Waals surface area contributed by atoms with Crippen LogP contribution in [0, 0.1) is 5.41 Å². The van der Waals surface area contributed by atoms with Crippen molar-refractivity contribution in [3.05, 3.63) is 47.9 Å². The number of aromatic nitrogens is 3. The molecule has 0 amide bonds. The van der Waals surface area contributed by atoms with Gasteiger partial charge in [-0.2, -0.15) is 0 Å². The first-order valence-electron chi connectivity index (χ1n) is 8.37. The number of hydrogen-bond acceptors (Lipinski definition) is 4. The lowest BCUT2D eigenvalue weighted by Gasteiger charge is -2.22. The highest BCUT2D eigenvalue weighted by Gasteiger charge is 2.20. The number of benzene rings is 1. The van der Waals surface area contributed by atoms with E-state index in [9.17, 15) is 0 Å². The lowest BCUT2D eigenvalue weighted by molar-refractivity contribution is 0.412. The van der Waals surface area contributed by atoms with E-state index in [4.69, 9.17) is 5.73 Å². The molecule has 1 aromatic carbocycles. The number of nitrogens with two attached hydrogens (primary N) is 1. The van der Waals surface area contributed by atoms with E-state index in [1.807, 2.05) is 12.1 Å². The van der Waals surface area contributed by atoms with E-state index in [0.29, 0.717) is 5.82 Å². The Kier molecular flexibility index (Phi) is 4.22. The molecule has 0 radical (unpaired) electrons. The molecule has 2 N–H and O–H groups in total. The maximum atomic E-state index is 6.26. The summed E-state index contributed by atoms with van der Waals surface area (Å²) >= 11 is 0. The van der Waals surface area contributed by atoms with Gasteiger partial charge in [0.05, 0.1) is 11.2 Å². The van der Waals surface area contributed by atoms with Crippen LogP contribution in [0.15, 0.2) is 36.8 Å². The standard InChI is InChI=1S/C20H24N4/c1-5-14-18(15-9-10-22-12-23-15)17-13(11-20(2,3)4)7-6-8-16(17)24-19(14)21/h6-10,12H,5,11H2,1-4H3,(H2,21,24). The third-order valence-corrected chi connectivity index (χ3v) is 4.14. The summed E-state index contributed by atoms with van der Waals surface area (Å²) in [5.41, 5.74) is 11.7. The Balaban J connectivity index is 2.41. The molecule has 0 fully saturated rings. The lowest BCUT2D eigenvalue weighted by Crippen LogP contribution is -2.11. The number of hydrogen-bond donors (Lipinski definition) is 1. The van der Waals surface area contributed by atoms with Gasteiger partial charge in [0.1, 0.15) is 12.1 Å². The van der Waals surface area contributed by atoms with Crippen LogP contribution in [0.4, 0.5) is 5.82 Å². The van der Waals surface area contributed by atoms with Crippen molar-refractivity contribution < 1.29 is 0 Å². The van der Waals surface area contributed by atoms with Crippen LogP contribution in [0.5, 0.6) is 0 Å². The summed E-state index contributed by atoms with van der Waals surface area (Å²) in [6.07, 6.45) is 5.15. The van der Waals surface area contributed by atoms with Gasteiger partial charge < -0.3 is 5.73 Å². The summed E-state index contributed by atoms with van der Waals surface area (Å²) in [5, 5.41) is 1.16. The number of pyridine rings is 1. The van der Waals surface area contributed by atoms with Gasteiger partial charge in [-0.15, -0.1) is 0 Å². The molecular formula is C20H24N4. The molecule has 0 spiro atoms. The quantitative estimate of drug-likeness (QED) is 0.775. The van der Waals surface area contributed by atoms with Crippen LogP contribution in [0.1, 0.15) is 38.8 Å². The fourth-order valence-corrected chi connectivity index (χ4v) is 3.24. The second kappa shape index (κ2) is 6.19. The van der Waals surface area contributed by atoms with Crippen LogP contribution in [0.25, 0.3) is 22.2 Å². The molecule has 0 saturated heterocycles. The monoisotopic (exact) mass is 320 g/mol. The Hall–Kier alpha value is -2.49. The summed E-state index contributed by atoms with van der Waals surface area (Å²) in [6, 6.07) is 8.23. The van der Waals surface area contributed by atoms with Crippen molar-refractivity contribution in [2.75, 3.05) is 5.73 Å². The Morgan fingerprint density at radius 1 is 1.12 bits per heavy atom.